The van der Waals surface area contributed by atoms with E-state index >= 15 is 8.78 Å². The van der Waals surface area contributed by atoms with Crippen LogP contribution in [0.2, 0.25) is 0 Å². The lowest BCUT2D eigenvalue weighted by molar-refractivity contribution is -0.757. The maximum atomic E-state index is 15.1. The number of nitrogens with zero attached hydrogens (tertiary/aromatic N) is 1. The van der Waals surface area contributed by atoms with E-state index in [0.717, 1.165) is 0 Å². The molecule has 0 spiro atoms. The quantitative estimate of drug-likeness (QED) is 0.0983. The van der Waals surface area contributed by atoms with Gasteiger partial charge in [0.25, 0.3) is 5.09 Å². The van der Waals surface area contributed by atoms with Gasteiger partial charge >= 0.3 is 24.0 Å². The van der Waals surface area contributed by atoms with Gasteiger partial charge in [-0.25, -0.2) is 9.59 Å². The minimum absolute atomic E-state index is 0.0473. The number of hydrogen-bond acceptors (Lipinski definition) is 12. The highest BCUT2D eigenvalue weighted by molar-refractivity contribution is 5.86. The first-order valence-corrected chi connectivity index (χ1v) is 12.8. The number of fused-ring (bicyclic) bond motifs is 2. The van der Waals surface area contributed by atoms with Crippen molar-refractivity contribution in [3.8, 4) is 11.5 Å². The lowest BCUT2D eigenvalue weighted by Crippen LogP contribution is -2.56. The van der Waals surface area contributed by atoms with Crippen molar-refractivity contribution in [1.82, 2.24) is 0 Å². The topological polar surface area (TPSA) is 178 Å². The van der Waals surface area contributed by atoms with E-state index in [1.54, 1.807) is 13.8 Å². The molecule has 1 aromatic carbocycles. The van der Waals surface area contributed by atoms with Crippen LogP contribution in [0.15, 0.2) is 12.1 Å². The van der Waals surface area contributed by atoms with Crippen LogP contribution in [-0.2, 0) is 39.4 Å². The van der Waals surface area contributed by atoms with Gasteiger partial charge in [-0.2, -0.15) is 8.78 Å². The van der Waals surface area contributed by atoms with Crippen molar-refractivity contribution in [2.45, 2.75) is 65.6 Å². The summed E-state index contributed by atoms with van der Waals surface area (Å²) in [6.07, 6.45) is -2.45. The van der Waals surface area contributed by atoms with E-state index in [-0.39, 0.29) is 29.6 Å². The molecule has 4 atom stereocenters. The zero-order valence-corrected chi connectivity index (χ0v) is 23.0. The molecule has 13 nitrogen and oxygen atoms in total. The molecule has 0 saturated heterocycles. The molecule has 226 valence electrons. The number of ketones is 1. The SMILES string of the molecule is CC(OC(=O)Oc1cc(C(F)(F)C(=O)OCCO[N+](=O)[O-])cc(O)c1[C@@H]1CC(=O)[C@@H]2C[C@H]1C2(C)C)OC(=O)C(C)C. The number of aromatic hydroxyl groups is 1. The first kappa shape index (κ1) is 31.5. The van der Waals surface area contributed by atoms with Crippen LogP contribution in [0.25, 0.3) is 0 Å². The minimum atomic E-state index is -4.41. The summed E-state index contributed by atoms with van der Waals surface area (Å²) < 4.78 is 49.5. The molecule has 1 N–H and O–H groups in total. The number of ether oxygens (including phenoxy) is 4. The molecule has 3 aliphatic carbocycles. The third-order valence-electron chi connectivity index (χ3n) is 7.47. The van der Waals surface area contributed by atoms with E-state index < -0.39 is 82.9 Å². The number of phenols is 1. The molecule has 0 amide bonds. The standard InChI is InChI=1S/C26H31F2NO12/c1-12(2)22(32)39-13(3)40-24(34)41-20-9-14(26(27,28)23(33)37-6-7-38-29(35)36)8-19(31)21(20)15-10-18(30)17-11-16(15)25(17,4)5/h8-9,12-13,15-17,31H,6-7,10-11H2,1-5H3/t13?,15-,16-,17+/m1/s1. The second-order valence-electron chi connectivity index (χ2n) is 10.8. The Kier molecular flexibility index (Phi) is 9.08. The van der Waals surface area contributed by atoms with Gasteiger partial charge in [-0.15, -0.1) is 10.1 Å². The van der Waals surface area contributed by atoms with Crippen molar-refractivity contribution in [2.24, 2.45) is 23.2 Å². The van der Waals surface area contributed by atoms with Gasteiger partial charge in [0.2, 0.25) is 6.29 Å². The summed E-state index contributed by atoms with van der Waals surface area (Å²) in [5.41, 5.74) is -1.71. The summed E-state index contributed by atoms with van der Waals surface area (Å²) in [4.78, 5) is 63.4. The first-order valence-electron chi connectivity index (χ1n) is 12.8. The maximum Gasteiger partial charge on any atom is 0.516 e. The smallest absolute Gasteiger partial charge is 0.508 e. The van der Waals surface area contributed by atoms with E-state index in [4.69, 9.17) is 14.2 Å². The van der Waals surface area contributed by atoms with E-state index in [1.807, 2.05) is 13.8 Å². The van der Waals surface area contributed by atoms with Gasteiger partial charge in [-0.05, 0) is 29.9 Å². The summed E-state index contributed by atoms with van der Waals surface area (Å²) in [5.74, 6) is -10.3. The summed E-state index contributed by atoms with van der Waals surface area (Å²) in [6, 6.07) is 1.23. The van der Waals surface area contributed by atoms with E-state index in [1.165, 1.54) is 6.92 Å². The molecule has 3 saturated carbocycles. The number of halogens is 2. The molecule has 0 aromatic heterocycles. The molecule has 15 heteroatoms. The normalized spacial score (nSPS) is 21.8. The zero-order chi connectivity index (χ0) is 30.9. The number of benzene rings is 1. The van der Waals surface area contributed by atoms with Crippen LogP contribution < -0.4 is 4.74 Å². The molecule has 0 aliphatic heterocycles. The predicted molar refractivity (Wildman–Crippen MR) is 131 cm³/mol. The van der Waals surface area contributed by atoms with Crippen molar-refractivity contribution >= 4 is 23.9 Å². The van der Waals surface area contributed by atoms with E-state index in [2.05, 4.69) is 9.57 Å². The second-order valence-corrected chi connectivity index (χ2v) is 10.8. The molecule has 1 aromatic rings. The molecule has 4 rings (SSSR count). The van der Waals surface area contributed by atoms with Gasteiger partial charge in [0.05, 0.1) is 5.92 Å². The predicted octanol–water partition coefficient (Wildman–Crippen LogP) is 4.01. The number of carbonyl (C=O) groups is 4. The largest absolute Gasteiger partial charge is 0.516 e. The molecule has 0 radical (unpaired) electrons. The number of Topliss-reactive ketones (excluding diaryl/α,β-unsaturated/α-hetero) is 1. The molecule has 0 heterocycles. The maximum absolute atomic E-state index is 15.1. The lowest BCUT2D eigenvalue weighted by atomic mass is 9.44. The van der Waals surface area contributed by atoms with Crippen molar-refractivity contribution in [2.75, 3.05) is 13.2 Å². The van der Waals surface area contributed by atoms with Crippen LogP contribution in [-0.4, -0.2) is 53.6 Å². The van der Waals surface area contributed by atoms with Crippen LogP contribution in [0, 0.1) is 33.3 Å². The number of esters is 2. The Morgan fingerprint density at radius 2 is 1.83 bits per heavy atom. The van der Waals surface area contributed by atoms with Crippen LogP contribution in [0.1, 0.15) is 64.5 Å². The summed E-state index contributed by atoms with van der Waals surface area (Å²) in [7, 11) is 0. The average Bonchev–Trinajstić information content (AvgIpc) is 2.84. The molecule has 3 aliphatic rings. The van der Waals surface area contributed by atoms with Gasteiger partial charge in [0, 0.05) is 36.3 Å². The fraction of sp³-hybridized carbons (Fsp3) is 0.615. The molecule has 3 fully saturated rings. The fourth-order valence-electron chi connectivity index (χ4n) is 5.27. The molecule has 41 heavy (non-hydrogen) atoms. The van der Waals surface area contributed by atoms with Gasteiger partial charge in [-0.3, -0.25) is 9.59 Å². The Hall–Kier alpha value is -4.04. The van der Waals surface area contributed by atoms with Crippen molar-refractivity contribution < 1.29 is 61.9 Å². The van der Waals surface area contributed by atoms with E-state index in [0.29, 0.717) is 18.6 Å². The Labute approximate surface area is 233 Å². The van der Waals surface area contributed by atoms with Crippen LogP contribution in [0.5, 0.6) is 11.5 Å². The van der Waals surface area contributed by atoms with Crippen molar-refractivity contribution in [3.63, 3.8) is 0 Å². The molecular formula is C26H31F2NO12. The van der Waals surface area contributed by atoms with Crippen LogP contribution in [0.3, 0.4) is 0 Å². The summed E-state index contributed by atoms with van der Waals surface area (Å²) in [5, 5.41) is 19.9. The van der Waals surface area contributed by atoms with Crippen LogP contribution >= 0.6 is 0 Å². The number of carbonyl (C=O) groups excluding carboxylic acids is 4. The van der Waals surface area contributed by atoms with Gasteiger partial charge < -0.3 is 28.9 Å². The van der Waals surface area contributed by atoms with Gasteiger partial charge in [-0.1, -0.05) is 27.7 Å². The Bertz CT molecular complexity index is 1230. The third kappa shape index (κ3) is 6.65. The lowest BCUT2D eigenvalue weighted by Gasteiger charge is -2.59. The second kappa shape index (κ2) is 11.8. The molecule has 2 bridgehead atoms. The number of phenolic OH excluding ortho intramolecular Hbond substituents is 1. The van der Waals surface area contributed by atoms with Crippen LogP contribution in [0.4, 0.5) is 13.6 Å². The minimum Gasteiger partial charge on any atom is -0.508 e. The number of hydrogen-bond donors (Lipinski definition) is 1. The van der Waals surface area contributed by atoms with E-state index in [9.17, 15) is 34.4 Å². The Balaban J connectivity index is 1.94. The van der Waals surface area contributed by atoms with Gasteiger partial charge in [0.15, 0.2) is 0 Å². The summed E-state index contributed by atoms with van der Waals surface area (Å²) >= 11 is 0. The van der Waals surface area contributed by atoms with Gasteiger partial charge in [0.1, 0.15) is 30.5 Å². The Morgan fingerprint density at radius 3 is 2.39 bits per heavy atom. The third-order valence-corrected chi connectivity index (χ3v) is 7.47. The average molecular weight is 588 g/mol. The number of alkyl halides is 2. The van der Waals surface area contributed by atoms with Crippen molar-refractivity contribution in [3.05, 3.63) is 33.4 Å². The molecular weight excluding hydrogens is 556 g/mol. The Morgan fingerprint density at radius 1 is 1.17 bits per heavy atom. The monoisotopic (exact) mass is 587 g/mol. The van der Waals surface area contributed by atoms with Crippen molar-refractivity contribution in [1.29, 1.82) is 0 Å². The number of rotatable bonds is 11. The summed E-state index contributed by atoms with van der Waals surface area (Å²) in [6.45, 7) is 6.39. The molecule has 1 unspecified atom stereocenters. The highest BCUT2D eigenvalue weighted by Crippen LogP contribution is 2.64. The first-order chi connectivity index (χ1) is 19.0. The highest BCUT2D eigenvalue weighted by Gasteiger charge is 2.59. The highest BCUT2D eigenvalue weighted by atomic mass is 19.3. The fourth-order valence-corrected chi connectivity index (χ4v) is 5.27. The zero-order valence-electron chi connectivity index (χ0n) is 23.0.